The number of amides is 1. The van der Waals surface area contributed by atoms with Crippen LogP contribution in [0.3, 0.4) is 0 Å². The number of nitrogens with one attached hydrogen (secondary N) is 2. The predicted molar refractivity (Wildman–Crippen MR) is 92.6 cm³/mol. The van der Waals surface area contributed by atoms with E-state index in [1.54, 1.807) is 6.92 Å². The van der Waals surface area contributed by atoms with Crippen LogP contribution in [-0.4, -0.2) is 24.5 Å². The highest BCUT2D eigenvalue weighted by Gasteiger charge is 2.22. The normalized spacial score (nSPS) is 13.9. The summed E-state index contributed by atoms with van der Waals surface area (Å²) in [7, 11) is 0. The lowest BCUT2D eigenvalue weighted by Crippen LogP contribution is -2.45. The highest BCUT2D eigenvalue weighted by Crippen LogP contribution is 2.22. The minimum Gasteiger partial charge on any atom is -0.355 e. The number of carbonyl (C=O) groups is 1. The Morgan fingerprint density at radius 1 is 0.857 bits per heavy atom. The van der Waals surface area contributed by atoms with Crippen molar-refractivity contribution in [1.82, 2.24) is 10.6 Å². The molecular weight excluding hydrogens is 260 g/mol. The van der Waals surface area contributed by atoms with Gasteiger partial charge in [-0.2, -0.15) is 0 Å². The number of unbranched alkanes of at least 4 members (excludes halogenated alkanes) is 6. The number of rotatable bonds is 14. The first-order valence-electron chi connectivity index (χ1n) is 9.03. The minimum atomic E-state index is 0.0593. The molecule has 0 aliphatic carbocycles. The van der Waals surface area contributed by atoms with Crippen LogP contribution in [0.25, 0.3) is 0 Å². The summed E-state index contributed by atoms with van der Waals surface area (Å²) in [5.41, 5.74) is 0.236. The highest BCUT2D eigenvalue weighted by molar-refractivity contribution is 5.72. The topological polar surface area (TPSA) is 41.1 Å². The molecule has 126 valence electrons. The Morgan fingerprint density at radius 3 is 1.95 bits per heavy atom. The average molecular weight is 299 g/mol. The third-order valence-electron chi connectivity index (χ3n) is 4.21. The van der Waals surface area contributed by atoms with Gasteiger partial charge in [0.15, 0.2) is 0 Å². The SMILES string of the molecule is CCCCCCCC(C)(CCCCC)NCCNC(C)=O. The van der Waals surface area contributed by atoms with Gasteiger partial charge in [-0.1, -0.05) is 65.2 Å². The van der Waals surface area contributed by atoms with E-state index >= 15 is 0 Å². The monoisotopic (exact) mass is 298 g/mol. The summed E-state index contributed by atoms with van der Waals surface area (Å²) in [6.07, 6.45) is 13.1. The first-order chi connectivity index (χ1) is 10.0. The van der Waals surface area contributed by atoms with Crippen LogP contribution in [0.4, 0.5) is 0 Å². The maximum Gasteiger partial charge on any atom is 0.216 e. The van der Waals surface area contributed by atoms with Gasteiger partial charge >= 0.3 is 0 Å². The maximum absolute atomic E-state index is 10.9. The average Bonchev–Trinajstić information content (AvgIpc) is 2.44. The summed E-state index contributed by atoms with van der Waals surface area (Å²) >= 11 is 0. The van der Waals surface area contributed by atoms with E-state index in [9.17, 15) is 4.79 Å². The molecule has 0 spiro atoms. The van der Waals surface area contributed by atoms with Gasteiger partial charge in [0, 0.05) is 25.6 Å². The van der Waals surface area contributed by atoms with Crippen molar-refractivity contribution in [1.29, 1.82) is 0 Å². The van der Waals surface area contributed by atoms with E-state index in [4.69, 9.17) is 0 Å². The van der Waals surface area contributed by atoms with E-state index < -0.39 is 0 Å². The van der Waals surface area contributed by atoms with Crippen LogP contribution < -0.4 is 10.6 Å². The molecule has 3 nitrogen and oxygen atoms in total. The first kappa shape index (κ1) is 20.4. The molecule has 1 unspecified atom stereocenters. The van der Waals surface area contributed by atoms with Crippen LogP contribution in [0.15, 0.2) is 0 Å². The first-order valence-corrected chi connectivity index (χ1v) is 9.03. The zero-order chi connectivity index (χ0) is 16.0. The minimum absolute atomic E-state index is 0.0593. The fourth-order valence-corrected chi connectivity index (χ4v) is 2.79. The van der Waals surface area contributed by atoms with Gasteiger partial charge in [0.05, 0.1) is 0 Å². The fourth-order valence-electron chi connectivity index (χ4n) is 2.79. The van der Waals surface area contributed by atoms with E-state index in [0.717, 1.165) is 13.1 Å². The van der Waals surface area contributed by atoms with E-state index in [1.807, 2.05) is 0 Å². The molecule has 1 amide bonds. The van der Waals surface area contributed by atoms with Gasteiger partial charge in [-0.3, -0.25) is 4.79 Å². The van der Waals surface area contributed by atoms with Crippen molar-refractivity contribution >= 4 is 5.91 Å². The van der Waals surface area contributed by atoms with Crippen LogP contribution in [-0.2, 0) is 4.79 Å². The standard InChI is InChI=1S/C18H38N2O/c1-5-7-9-10-12-14-18(4,13-11-8-6-2)20-16-15-19-17(3)21/h20H,5-16H2,1-4H3,(H,19,21). The molecule has 0 aromatic rings. The Bertz CT molecular complexity index is 256. The molecule has 0 heterocycles. The molecule has 21 heavy (non-hydrogen) atoms. The van der Waals surface area contributed by atoms with Crippen molar-refractivity contribution < 1.29 is 4.79 Å². The molecule has 3 heteroatoms. The molecule has 2 N–H and O–H groups in total. The van der Waals surface area contributed by atoms with Gasteiger partial charge in [-0.05, 0) is 19.8 Å². The molecule has 0 saturated heterocycles. The Kier molecular flexibility index (Phi) is 12.8. The summed E-state index contributed by atoms with van der Waals surface area (Å²) < 4.78 is 0. The van der Waals surface area contributed by atoms with Crippen LogP contribution >= 0.6 is 0 Å². The van der Waals surface area contributed by atoms with Crippen molar-refractivity contribution in [2.75, 3.05) is 13.1 Å². The zero-order valence-corrected chi connectivity index (χ0v) is 14.9. The van der Waals surface area contributed by atoms with Crippen molar-refractivity contribution in [2.24, 2.45) is 0 Å². The second-order valence-corrected chi connectivity index (χ2v) is 6.59. The molecule has 0 rings (SSSR count). The molecule has 0 aliphatic rings. The predicted octanol–water partition coefficient (Wildman–Crippen LogP) is 4.41. The number of hydrogen-bond donors (Lipinski definition) is 2. The molecule has 0 aliphatic heterocycles. The third-order valence-corrected chi connectivity index (χ3v) is 4.21. The number of hydrogen-bond acceptors (Lipinski definition) is 2. The molecule has 0 radical (unpaired) electrons. The summed E-state index contributed by atoms with van der Waals surface area (Å²) in [5, 5.41) is 6.55. The molecule has 0 aromatic carbocycles. The van der Waals surface area contributed by atoms with Crippen LogP contribution in [0, 0.1) is 0 Å². The van der Waals surface area contributed by atoms with Crippen molar-refractivity contribution in [2.45, 2.75) is 97.4 Å². The Balaban J connectivity index is 4.03. The summed E-state index contributed by atoms with van der Waals surface area (Å²) in [4.78, 5) is 10.9. The fraction of sp³-hybridized carbons (Fsp3) is 0.944. The Morgan fingerprint density at radius 2 is 1.38 bits per heavy atom. The highest BCUT2D eigenvalue weighted by atomic mass is 16.1. The van der Waals surface area contributed by atoms with Gasteiger partial charge in [0.25, 0.3) is 0 Å². The zero-order valence-electron chi connectivity index (χ0n) is 14.9. The van der Waals surface area contributed by atoms with Crippen LogP contribution in [0.1, 0.15) is 91.9 Å². The molecule has 0 bridgehead atoms. The second-order valence-electron chi connectivity index (χ2n) is 6.59. The summed E-state index contributed by atoms with van der Waals surface area (Å²) in [6, 6.07) is 0. The Labute approximate surface area is 132 Å². The van der Waals surface area contributed by atoms with Gasteiger partial charge < -0.3 is 10.6 Å². The summed E-state index contributed by atoms with van der Waals surface area (Å²) in [6.45, 7) is 10.1. The number of carbonyl (C=O) groups excluding carboxylic acids is 1. The van der Waals surface area contributed by atoms with E-state index in [1.165, 1.54) is 64.2 Å². The summed E-state index contributed by atoms with van der Waals surface area (Å²) in [5.74, 6) is 0.0593. The van der Waals surface area contributed by atoms with Gasteiger partial charge in [0.1, 0.15) is 0 Å². The largest absolute Gasteiger partial charge is 0.355 e. The van der Waals surface area contributed by atoms with Crippen molar-refractivity contribution in [3.63, 3.8) is 0 Å². The van der Waals surface area contributed by atoms with Crippen LogP contribution in [0.2, 0.25) is 0 Å². The molecule has 0 fully saturated rings. The smallest absolute Gasteiger partial charge is 0.216 e. The van der Waals surface area contributed by atoms with Gasteiger partial charge in [0.2, 0.25) is 5.91 Å². The lowest BCUT2D eigenvalue weighted by atomic mass is 9.88. The molecule has 0 aromatic heterocycles. The maximum atomic E-state index is 10.9. The third kappa shape index (κ3) is 12.9. The lowest BCUT2D eigenvalue weighted by molar-refractivity contribution is -0.118. The second kappa shape index (κ2) is 13.1. The Hall–Kier alpha value is -0.570. The van der Waals surface area contributed by atoms with Gasteiger partial charge in [-0.25, -0.2) is 0 Å². The quantitative estimate of drug-likeness (QED) is 0.466. The van der Waals surface area contributed by atoms with E-state index in [0.29, 0.717) is 0 Å². The molecular formula is C18H38N2O. The van der Waals surface area contributed by atoms with Crippen molar-refractivity contribution in [3.05, 3.63) is 0 Å². The lowest BCUT2D eigenvalue weighted by Gasteiger charge is -2.31. The van der Waals surface area contributed by atoms with E-state index in [-0.39, 0.29) is 11.4 Å². The van der Waals surface area contributed by atoms with Gasteiger partial charge in [-0.15, -0.1) is 0 Å². The van der Waals surface area contributed by atoms with Crippen LogP contribution in [0.5, 0.6) is 0 Å². The molecule has 0 saturated carbocycles. The van der Waals surface area contributed by atoms with E-state index in [2.05, 4.69) is 31.4 Å². The molecule has 1 atom stereocenters. The van der Waals surface area contributed by atoms with Crippen molar-refractivity contribution in [3.8, 4) is 0 Å².